The molecule has 0 saturated carbocycles. The summed E-state index contributed by atoms with van der Waals surface area (Å²) < 4.78 is 51.2. The Balaban J connectivity index is 1.88. The fourth-order valence-electron chi connectivity index (χ4n) is 3.41. The van der Waals surface area contributed by atoms with E-state index in [9.17, 15) is 18.9 Å². The molecule has 5 atom stereocenters. The minimum absolute atomic E-state index is 0.146. The van der Waals surface area contributed by atoms with Gasteiger partial charge in [-0.15, -0.1) is 4.67 Å². The Kier molecular flexibility index (Phi) is 9.65. The maximum Gasteiger partial charge on any atom is 0.615 e. The first-order valence-corrected chi connectivity index (χ1v) is 12.6. The molecule has 0 aliphatic carbocycles. The topological polar surface area (TPSA) is 142 Å². The molecular formula is C24H27O12P. The molecule has 13 heteroatoms. The van der Waals surface area contributed by atoms with Gasteiger partial charge in [-0.25, -0.2) is 4.57 Å². The molecule has 12 nitrogen and oxygen atoms in total. The highest BCUT2D eigenvalue weighted by molar-refractivity contribution is 7.49. The number of carbonyl (C=O) groups is 3. The molecule has 200 valence electrons. The van der Waals surface area contributed by atoms with E-state index in [1.165, 1.54) is 31.2 Å². The lowest BCUT2D eigenvalue weighted by atomic mass is 9.99. The van der Waals surface area contributed by atoms with Crippen LogP contribution in [0.25, 0.3) is 0 Å². The van der Waals surface area contributed by atoms with Crippen LogP contribution in [-0.4, -0.2) is 48.6 Å². The first-order chi connectivity index (χ1) is 17.6. The maximum absolute atomic E-state index is 13.6. The Bertz CT molecular complexity index is 1060. The van der Waals surface area contributed by atoms with Crippen LogP contribution in [0.5, 0.6) is 11.5 Å². The largest absolute Gasteiger partial charge is 0.615 e. The van der Waals surface area contributed by atoms with E-state index in [0.29, 0.717) is 0 Å². The second-order valence-corrected chi connectivity index (χ2v) is 9.27. The van der Waals surface area contributed by atoms with Gasteiger partial charge in [0, 0.05) is 20.8 Å². The minimum Gasteiger partial charge on any atom is -0.456 e. The molecule has 0 aromatic heterocycles. The van der Waals surface area contributed by atoms with Gasteiger partial charge in [0.05, 0.1) is 6.10 Å². The fraction of sp³-hybridized carbons (Fsp3) is 0.375. The maximum atomic E-state index is 13.6. The molecule has 1 aliphatic heterocycles. The van der Waals surface area contributed by atoms with E-state index in [0.717, 1.165) is 20.8 Å². The molecule has 0 N–H and O–H groups in total. The van der Waals surface area contributed by atoms with Crippen LogP contribution in [0.3, 0.4) is 0 Å². The van der Waals surface area contributed by atoms with Crippen molar-refractivity contribution in [1.29, 1.82) is 0 Å². The quantitative estimate of drug-likeness (QED) is 0.143. The molecule has 1 fully saturated rings. The van der Waals surface area contributed by atoms with E-state index in [1.54, 1.807) is 36.4 Å². The number of hydrogen-bond donors (Lipinski definition) is 0. The molecule has 2 aromatic rings. The summed E-state index contributed by atoms with van der Waals surface area (Å²) in [7, 11) is -4.53. The average molecular weight is 538 g/mol. The Labute approximate surface area is 213 Å². The number of phosphoric ester groups is 1. The van der Waals surface area contributed by atoms with Crippen LogP contribution in [0.15, 0.2) is 60.7 Å². The van der Waals surface area contributed by atoms with Gasteiger partial charge in [0.2, 0.25) is 6.29 Å². The SMILES string of the molecule is CC(=O)O[C@H]1[C@H](OC(C)=O)[C@H](OOP(=O)(Oc2ccccc2)Oc2ccccc2)O[C@@H](C)[C@H]1OC(C)=O. The number of esters is 3. The molecule has 3 rings (SSSR count). The van der Waals surface area contributed by atoms with E-state index in [2.05, 4.69) is 0 Å². The summed E-state index contributed by atoms with van der Waals surface area (Å²) in [6, 6.07) is 16.1. The molecular weight excluding hydrogens is 511 g/mol. The van der Waals surface area contributed by atoms with Crippen LogP contribution in [-0.2, 0) is 47.5 Å². The number of ether oxygens (including phenoxy) is 4. The van der Waals surface area contributed by atoms with E-state index in [-0.39, 0.29) is 11.5 Å². The van der Waals surface area contributed by atoms with Crippen molar-refractivity contribution < 1.29 is 56.5 Å². The third-order valence-corrected chi connectivity index (χ3v) is 5.92. The predicted octanol–water partition coefficient (Wildman–Crippen LogP) is 3.74. The number of phosphoric acid groups is 1. The highest BCUT2D eigenvalue weighted by Gasteiger charge is 2.52. The van der Waals surface area contributed by atoms with Crippen molar-refractivity contribution in [3.8, 4) is 11.5 Å². The van der Waals surface area contributed by atoms with Gasteiger partial charge in [-0.2, -0.15) is 4.89 Å². The molecule has 0 radical (unpaired) electrons. The van der Waals surface area contributed by atoms with E-state index >= 15 is 0 Å². The van der Waals surface area contributed by atoms with Crippen LogP contribution < -0.4 is 9.05 Å². The molecule has 0 amide bonds. The smallest absolute Gasteiger partial charge is 0.456 e. The number of para-hydroxylation sites is 2. The van der Waals surface area contributed by atoms with Crippen LogP contribution in [0, 0.1) is 0 Å². The van der Waals surface area contributed by atoms with E-state index in [1.807, 2.05) is 0 Å². The van der Waals surface area contributed by atoms with Gasteiger partial charge in [0.1, 0.15) is 11.5 Å². The number of hydrogen-bond acceptors (Lipinski definition) is 12. The van der Waals surface area contributed by atoms with Crippen molar-refractivity contribution >= 4 is 25.7 Å². The standard InChI is InChI=1S/C24H27O12P/c1-15-21(30-16(2)25)22(31-17(3)26)23(32-18(4)27)24(29-15)33-36-37(28,34-19-11-7-5-8-12-19)35-20-13-9-6-10-14-20/h5-15,21-24H,1-4H3/t15-,21+,22+,23-,24-/m0/s1. The summed E-state index contributed by atoms with van der Waals surface area (Å²) in [5.74, 6) is -1.94. The van der Waals surface area contributed by atoms with Gasteiger partial charge in [-0.1, -0.05) is 36.4 Å². The highest BCUT2D eigenvalue weighted by atomic mass is 31.2. The molecule has 0 spiro atoms. The van der Waals surface area contributed by atoms with Gasteiger partial charge in [0.25, 0.3) is 0 Å². The number of carbonyl (C=O) groups excluding carboxylic acids is 3. The molecule has 1 aliphatic rings. The lowest BCUT2D eigenvalue weighted by molar-refractivity contribution is -0.388. The number of rotatable bonds is 10. The van der Waals surface area contributed by atoms with E-state index < -0.39 is 56.4 Å². The van der Waals surface area contributed by atoms with Gasteiger partial charge in [-0.3, -0.25) is 14.4 Å². The first-order valence-electron chi connectivity index (χ1n) is 11.2. The Morgan fingerprint density at radius 2 is 1.14 bits per heavy atom. The van der Waals surface area contributed by atoms with Crippen molar-refractivity contribution in [3.63, 3.8) is 0 Å². The lowest BCUT2D eigenvalue weighted by Gasteiger charge is -2.42. The van der Waals surface area contributed by atoms with Crippen molar-refractivity contribution in [2.75, 3.05) is 0 Å². The fourth-order valence-corrected chi connectivity index (χ4v) is 4.46. The summed E-state index contributed by atoms with van der Waals surface area (Å²) in [6.45, 7) is 4.88. The van der Waals surface area contributed by atoms with Gasteiger partial charge in [0.15, 0.2) is 18.3 Å². The Morgan fingerprint density at radius 1 is 0.703 bits per heavy atom. The van der Waals surface area contributed by atoms with Crippen molar-refractivity contribution in [1.82, 2.24) is 0 Å². The zero-order valence-corrected chi connectivity index (χ0v) is 21.4. The van der Waals surface area contributed by atoms with Crippen LogP contribution in [0.4, 0.5) is 0 Å². The third-order valence-electron chi connectivity index (χ3n) is 4.78. The summed E-state index contributed by atoms with van der Waals surface area (Å²) in [5.41, 5.74) is 0. The zero-order valence-electron chi connectivity index (χ0n) is 20.5. The average Bonchev–Trinajstić information content (AvgIpc) is 2.82. The summed E-state index contributed by atoms with van der Waals surface area (Å²) in [5, 5.41) is 0. The van der Waals surface area contributed by atoms with Crippen LogP contribution in [0.2, 0.25) is 0 Å². The van der Waals surface area contributed by atoms with E-state index in [4.69, 9.17) is 37.6 Å². The normalized spacial score (nSPS) is 23.4. The minimum atomic E-state index is -4.53. The number of benzene rings is 2. The summed E-state index contributed by atoms with van der Waals surface area (Å²) in [6.07, 6.45) is -6.50. The molecule has 1 saturated heterocycles. The summed E-state index contributed by atoms with van der Waals surface area (Å²) in [4.78, 5) is 40.6. The van der Waals surface area contributed by atoms with Crippen molar-refractivity contribution in [2.24, 2.45) is 0 Å². The first kappa shape index (κ1) is 28.1. The monoisotopic (exact) mass is 538 g/mol. The zero-order chi connectivity index (χ0) is 27.0. The summed E-state index contributed by atoms with van der Waals surface area (Å²) >= 11 is 0. The molecule has 37 heavy (non-hydrogen) atoms. The van der Waals surface area contributed by atoms with Gasteiger partial charge in [-0.05, 0) is 31.2 Å². The second kappa shape index (κ2) is 12.7. The third kappa shape index (κ3) is 8.29. The lowest BCUT2D eigenvalue weighted by Crippen LogP contribution is -2.61. The Morgan fingerprint density at radius 3 is 1.59 bits per heavy atom. The van der Waals surface area contributed by atoms with Gasteiger partial charge >= 0.3 is 25.7 Å². The molecule has 0 unspecified atom stereocenters. The molecule has 1 heterocycles. The van der Waals surface area contributed by atoms with Crippen LogP contribution in [0.1, 0.15) is 27.7 Å². The molecule has 2 aromatic carbocycles. The van der Waals surface area contributed by atoms with Crippen molar-refractivity contribution in [3.05, 3.63) is 60.7 Å². The van der Waals surface area contributed by atoms with Crippen molar-refractivity contribution in [2.45, 2.75) is 58.4 Å². The predicted molar refractivity (Wildman–Crippen MR) is 125 cm³/mol. The van der Waals surface area contributed by atoms with Gasteiger partial charge < -0.3 is 28.0 Å². The highest BCUT2D eigenvalue weighted by Crippen LogP contribution is 2.50. The van der Waals surface area contributed by atoms with Crippen LogP contribution >= 0.6 is 7.82 Å². The Hall–Kier alpha value is -3.44. The second-order valence-electron chi connectivity index (χ2n) is 7.86. The molecule has 0 bridgehead atoms.